The summed E-state index contributed by atoms with van der Waals surface area (Å²) in [4.78, 5) is 21.1. The molecule has 3 saturated heterocycles. The second-order valence-electron chi connectivity index (χ2n) is 11.3. The maximum absolute atomic E-state index is 12.4. The third kappa shape index (κ3) is 7.01. The Morgan fingerprint density at radius 3 is 2.32 bits per heavy atom. The van der Waals surface area contributed by atoms with Crippen molar-refractivity contribution in [2.24, 2.45) is 10.9 Å². The summed E-state index contributed by atoms with van der Waals surface area (Å²) < 4.78 is 17.4. The Bertz CT molecular complexity index is 878. The van der Waals surface area contributed by atoms with Crippen LogP contribution in [0.25, 0.3) is 0 Å². The van der Waals surface area contributed by atoms with Gasteiger partial charge in [-0.1, -0.05) is 5.16 Å². The van der Waals surface area contributed by atoms with Gasteiger partial charge in [-0.05, 0) is 39.7 Å². The van der Waals surface area contributed by atoms with Gasteiger partial charge in [0.25, 0.3) is 0 Å². The van der Waals surface area contributed by atoms with Crippen molar-refractivity contribution < 1.29 is 24.2 Å². The molecule has 1 amide bonds. The maximum atomic E-state index is 12.4. The van der Waals surface area contributed by atoms with E-state index >= 15 is 0 Å². The van der Waals surface area contributed by atoms with Gasteiger partial charge in [0.05, 0.1) is 13.2 Å². The van der Waals surface area contributed by atoms with Crippen molar-refractivity contribution in [1.82, 2.24) is 19.6 Å². The topological polar surface area (TPSA) is 116 Å². The quantitative estimate of drug-likeness (QED) is 0.243. The minimum atomic E-state index is -0.509. The average Bonchev–Trinajstić information content (AvgIpc) is 2.89. The van der Waals surface area contributed by atoms with Crippen molar-refractivity contribution in [3.05, 3.63) is 23.7 Å². The molecule has 0 aliphatic carbocycles. The van der Waals surface area contributed by atoms with Gasteiger partial charge < -0.3 is 39.9 Å². The van der Waals surface area contributed by atoms with Crippen LogP contribution in [0.2, 0.25) is 0 Å². The van der Waals surface area contributed by atoms with Crippen molar-refractivity contribution in [2.45, 2.75) is 70.2 Å². The largest absolute Gasteiger partial charge is 0.490 e. The molecule has 0 aromatic rings. The molecule has 4 aliphatic rings. The number of nitrogens with zero attached hydrogens (tertiary/aromatic N) is 5. The number of amides is 1. The van der Waals surface area contributed by atoms with E-state index in [2.05, 4.69) is 21.0 Å². The van der Waals surface area contributed by atoms with Gasteiger partial charge in [0.1, 0.15) is 29.3 Å². The fourth-order valence-corrected chi connectivity index (χ4v) is 5.50. The standard InChI is InChI=1S/C26H44N6O5/c1-26(2,3)37-25(33)32-11-7-20(8-12-32)36-21-17-22(24(27)28-34)29(4)23(18-21)31-9-5-19(6-10-31)30-13-15-35-16-14-30/h17-20,22,34H,5-16H2,1-4H3,(H2,27,28). The van der Waals surface area contributed by atoms with E-state index in [1.54, 1.807) is 4.90 Å². The molecule has 11 heteroatoms. The lowest BCUT2D eigenvalue weighted by Crippen LogP contribution is -2.52. The summed E-state index contributed by atoms with van der Waals surface area (Å²) >= 11 is 0. The van der Waals surface area contributed by atoms with Crippen LogP contribution in [0.4, 0.5) is 4.79 Å². The van der Waals surface area contributed by atoms with Crippen molar-refractivity contribution >= 4 is 11.9 Å². The first-order valence-electron chi connectivity index (χ1n) is 13.5. The number of ether oxygens (including phenoxy) is 3. The van der Waals surface area contributed by atoms with Gasteiger partial charge in [0.15, 0.2) is 5.84 Å². The third-order valence-electron chi connectivity index (χ3n) is 7.54. The number of hydrogen-bond acceptors (Lipinski definition) is 9. The molecule has 4 aliphatic heterocycles. The summed E-state index contributed by atoms with van der Waals surface area (Å²) in [6, 6.07) is 0.176. The van der Waals surface area contributed by atoms with Crippen molar-refractivity contribution in [3.63, 3.8) is 0 Å². The summed E-state index contributed by atoms with van der Waals surface area (Å²) in [7, 11) is 1.97. The minimum Gasteiger partial charge on any atom is -0.490 e. The fourth-order valence-electron chi connectivity index (χ4n) is 5.50. The highest BCUT2D eigenvalue weighted by Gasteiger charge is 2.33. The molecule has 11 nitrogen and oxygen atoms in total. The number of likely N-dealkylation sites (N-methyl/N-ethyl adjacent to an activating group) is 1. The highest BCUT2D eigenvalue weighted by atomic mass is 16.6. The lowest BCUT2D eigenvalue weighted by molar-refractivity contribution is 0.000261. The molecule has 37 heavy (non-hydrogen) atoms. The summed E-state index contributed by atoms with van der Waals surface area (Å²) in [6.45, 7) is 12.3. The van der Waals surface area contributed by atoms with Crippen LogP contribution in [0, 0.1) is 0 Å². The molecule has 0 radical (unpaired) electrons. The van der Waals surface area contributed by atoms with Gasteiger partial charge >= 0.3 is 6.09 Å². The third-order valence-corrected chi connectivity index (χ3v) is 7.54. The highest BCUT2D eigenvalue weighted by molar-refractivity contribution is 5.87. The molecule has 3 fully saturated rings. The van der Waals surface area contributed by atoms with Gasteiger partial charge in [0.2, 0.25) is 0 Å². The summed E-state index contributed by atoms with van der Waals surface area (Å²) in [5.41, 5.74) is 5.57. The number of allylic oxidation sites excluding steroid dienone is 1. The Morgan fingerprint density at radius 1 is 1.08 bits per heavy atom. The van der Waals surface area contributed by atoms with E-state index in [1.165, 1.54) is 0 Å². The lowest BCUT2D eigenvalue weighted by atomic mass is 10.0. The normalized spacial score (nSPS) is 25.6. The summed E-state index contributed by atoms with van der Waals surface area (Å²) in [5.74, 6) is 1.86. The Labute approximate surface area is 220 Å². The Morgan fingerprint density at radius 2 is 1.73 bits per heavy atom. The molecular formula is C26H44N6O5. The van der Waals surface area contributed by atoms with E-state index in [4.69, 9.17) is 19.9 Å². The van der Waals surface area contributed by atoms with Crippen LogP contribution in [0.5, 0.6) is 0 Å². The van der Waals surface area contributed by atoms with E-state index in [-0.39, 0.29) is 18.0 Å². The minimum absolute atomic E-state index is 0.0224. The molecule has 4 heterocycles. The first-order chi connectivity index (χ1) is 17.6. The van der Waals surface area contributed by atoms with Gasteiger partial charge in [-0.25, -0.2) is 4.79 Å². The van der Waals surface area contributed by atoms with Crippen LogP contribution in [0.3, 0.4) is 0 Å². The number of carbonyl (C=O) groups excluding carboxylic acids is 1. The maximum Gasteiger partial charge on any atom is 0.410 e. The molecule has 4 rings (SSSR count). The number of piperidine rings is 2. The van der Waals surface area contributed by atoms with Crippen LogP contribution in [-0.2, 0) is 14.2 Å². The number of likely N-dealkylation sites (tertiary alicyclic amines) is 2. The van der Waals surface area contributed by atoms with E-state index in [1.807, 2.05) is 38.8 Å². The van der Waals surface area contributed by atoms with Crippen LogP contribution < -0.4 is 5.73 Å². The second kappa shape index (κ2) is 11.8. The van der Waals surface area contributed by atoms with Crippen LogP contribution in [0.15, 0.2) is 28.9 Å². The first-order valence-corrected chi connectivity index (χ1v) is 13.5. The lowest BCUT2D eigenvalue weighted by Gasteiger charge is -2.45. The Kier molecular flexibility index (Phi) is 8.74. The average molecular weight is 521 g/mol. The fraction of sp³-hybridized carbons (Fsp3) is 0.769. The number of rotatable bonds is 5. The smallest absolute Gasteiger partial charge is 0.410 e. The number of hydrogen-bond donors (Lipinski definition) is 2. The molecule has 3 N–H and O–H groups in total. The second-order valence-corrected chi connectivity index (χ2v) is 11.3. The monoisotopic (exact) mass is 520 g/mol. The highest BCUT2D eigenvalue weighted by Crippen LogP contribution is 2.29. The number of nitrogens with two attached hydrogens (primary N) is 1. The van der Waals surface area contributed by atoms with E-state index < -0.39 is 11.6 Å². The van der Waals surface area contributed by atoms with Crippen molar-refractivity contribution in [2.75, 3.05) is 59.5 Å². The van der Waals surface area contributed by atoms with E-state index in [0.717, 1.165) is 76.7 Å². The molecule has 208 valence electrons. The predicted octanol–water partition coefficient (Wildman–Crippen LogP) is 1.98. The molecular weight excluding hydrogens is 476 g/mol. The Hall–Kier alpha value is -2.66. The van der Waals surface area contributed by atoms with E-state index in [9.17, 15) is 10.0 Å². The van der Waals surface area contributed by atoms with Crippen molar-refractivity contribution in [3.8, 4) is 0 Å². The van der Waals surface area contributed by atoms with Crippen LogP contribution >= 0.6 is 0 Å². The Balaban J connectivity index is 1.39. The number of morpholine rings is 1. The zero-order valence-corrected chi connectivity index (χ0v) is 22.8. The zero-order valence-electron chi connectivity index (χ0n) is 22.8. The van der Waals surface area contributed by atoms with E-state index in [0.29, 0.717) is 19.1 Å². The SMILES string of the molecule is CN1C(N2CCC(N3CCOCC3)CC2)=CC(OC2CCN(C(=O)OC(C)(C)C)CC2)=CC1/C(N)=N/O. The molecule has 0 bridgehead atoms. The number of carbonyl (C=O) groups is 1. The first kappa shape index (κ1) is 27.4. The molecule has 0 spiro atoms. The van der Waals surface area contributed by atoms with Crippen LogP contribution in [0.1, 0.15) is 46.5 Å². The summed E-state index contributed by atoms with van der Waals surface area (Å²) in [6.07, 6.45) is 7.27. The number of amidine groups is 1. The van der Waals surface area contributed by atoms with Crippen LogP contribution in [-0.4, -0.2) is 120 Å². The predicted molar refractivity (Wildman–Crippen MR) is 140 cm³/mol. The number of oxime groups is 1. The molecule has 0 aromatic heterocycles. The zero-order chi connectivity index (χ0) is 26.6. The van der Waals surface area contributed by atoms with Gasteiger partial charge in [0, 0.05) is 71.3 Å². The molecule has 1 atom stereocenters. The molecule has 1 unspecified atom stereocenters. The van der Waals surface area contributed by atoms with Crippen molar-refractivity contribution in [1.29, 1.82) is 0 Å². The van der Waals surface area contributed by atoms with Gasteiger partial charge in [-0.15, -0.1) is 0 Å². The molecule has 0 aromatic carbocycles. The van der Waals surface area contributed by atoms with Gasteiger partial charge in [-0.2, -0.15) is 0 Å². The van der Waals surface area contributed by atoms with Gasteiger partial charge in [-0.3, -0.25) is 4.90 Å². The summed E-state index contributed by atoms with van der Waals surface area (Å²) in [5, 5.41) is 12.7. The molecule has 0 saturated carbocycles.